The van der Waals surface area contributed by atoms with Crippen molar-refractivity contribution in [2.45, 2.75) is 39.3 Å². The van der Waals surface area contributed by atoms with E-state index in [4.69, 9.17) is 25.8 Å². The molecule has 1 aliphatic heterocycles. The van der Waals surface area contributed by atoms with Crippen molar-refractivity contribution in [3.63, 3.8) is 0 Å². The third kappa shape index (κ3) is 6.88. The van der Waals surface area contributed by atoms with Crippen LogP contribution in [0.3, 0.4) is 0 Å². The first-order valence-electron chi connectivity index (χ1n) is 13.3. The lowest BCUT2D eigenvalue weighted by atomic mass is 10.1. The van der Waals surface area contributed by atoms with Crippen LogP contribution >= 0.6 is 11.6 Å². The maximum absolute atomic E-state index is 13.3. The number of carbonyl (C=O) groups is 2. The molecule has 0 saturated carbocycles. The summed E-state index contributed by atoms with van der Waals surface area (Å²) in [5, 5.41) is 1.12. The van der Waals surface area contributed by atoms with Crippen molar-refractivity contribution in [2.75, 3.05) is 56.3 Å². The fraction of sp³-hybridized carbons (Fsp3) is 0.464. The maximum atomic E-state index is 13.3. The van der Waals surface area contributed by atoms with Gasteiger partial charge in [0, 0.05) is 56.3 Å². The van der Waals surface area contributed by atoms with Crippen molar-refractivity contribution in [3.05, 3.63) is 48.5 Å². The van der Waals surface area contributed by atoms with Crippen LogP contribution in [-0.4, -0.2) is 94.8 Å². The Morgan fingerprint density at radius 2 is 2.02 bits per heavy atom. The second-order valence-electron chi connectivity index (χ2n) is 10.6. The molecule has 4 heterocycles. The van der Waals surface area contributed by atoms with Gasteiger partial charge in [0.25, 0.3) is 0 Å². The highest BCUT2D eigenvalue weighted by atomic mass is 35.5. The Morgan fingerprint density at radius 1 is 1.24 bits per heavy atom. The van der Waals surface area contributed by atoms with Crippen LogP contribution in [0.5, 0.6) is 0 Å². The van der Waals surface area contributed by atoms with Crippen molar-refractivity contribution >= 4 is 46.3 Å². The van der Waals surface area contributed by atoms with E-state index in [9.17, 15) is 9.59 Å². The molecule has 13 heteroatoms. The molecule has 2 amide bonds. The Balaban J connectivity index is 1.82. The number of aromatic nitrogens is 4. The number of pyridine rings is 1. The summed E-state index contributed by atoms with van der Waals surface area (Å²) in [4.78, 5) is 45.1. The van der Waals surface area contributed by atoms with Crippen LogP contribution in [0.4, 0.5) is 21.1 Å². The normalized spacial score (nSPS) is 15.6. The largest absolute Gasteiger partial charge is 0.445 e. The zero-order valence-electron chi connectivity index (χ0n) is 24.0. The molecular formula is C28H36ClN7O5. The monoisotopic (exact) mass is 585 g/mol. The fourth-order valence-electron chi connectivity index (χ4n) is 4.61. The van der Waals surface area contributed by atoms with Crippen molar-refractivity contribution in [3.8, 4) is 5.82 Å². The zero-order chi connectivity index (χ0) is 29.7. The molecule has 0 radical (unpaired) electrons. The Morgan fingerprint density at radius 3 is 2.68 bits per heavy atom. The summed E-state index contributed by atoms with van der Waals surface area (Å²) < 4.78 is 18.1. The summed E-state index contributed by atoms with van der Waals surface area (Å²) in [6.45, 7) is 13.1. The second-order valence-corrected chi connectivity index (χ2v) is 11.0. The van der Waals surface area contributed by atoms with Crippen molar-refractivity contribution in [1.29, 1.82) is 0 Å². The average molecular weight is 586 g/mol. The van der Waals surface area contributed by atoms with E-state index in [2.05, 4.69) is 26.4 Å². The zero-order valence-corrected chi connectivity index (χ0v) is 24.8. The van der Waals surface area contributed by atoms with E-state index in [1.165, 1.54) is 17.3 Å². The number of anilines is 2. The molecule has 220 valence electrons. The molecule has 4 rings (SSSR count). The first-order chi connectivity index (χ1) is 19.5. The predicted octanol–water partition coefficient (Wildman–Crippen LogP) is 4.69. The molecule has 41 heavy (non-hydrogen) atoms. The van der Waals surface area contributed by atoms with Crippen LogP contribution in [0.1, 0.15) is 27.7 Å². The molecule has 0 spiro atoms. The number of nitrogens with zero attached hydrogens (tertiary/aromatic N) is 7. The van der Waals surface area contributed by atoms with Crippen LogP contribution in [0, 0.1) is 0 Å². The van der Waals surface area contributed by atoms with Gasteiger partial charge in [-0.2, -0.15) is 0 Å². The highest BCUT2D eigenvalue weighted by Gasteiger charge is 2.33. The Bertz CT molecular complexity index is 1410. The van der Waals surface area contributed by atoms with Crippen molar-refractivity contribution < 1.29 is 23.8 Å². The molecule has 0 N–H and O–H groups in total. The van der Waals surface area contributed by atoms with Gasteiger partial charge in [0.15, 0.2) is 5.65 Å². The van der Waals surface area contributed by atoms with Crippen LogP contribution in [0.15, 0.2) is 43.5 Å². The van der Waals surface area contributed by atoms with Gasteiger partial charge in [0.05, 0.1) is 24.2 Å². The van der Waals surface area contributed by atoms with E-state index in [0.717, 1.165) is 0 Å². The molecule has 1 fully saturated rings. The Hall–Kier alpha value is -3.90. The van der Waals surface area contributed by atoms with E-state index in [1.54, 1.807) is 41.1 Å². The van der Waals surface area contributed by atoms with E-state index in [1.807, 2.05) is 27.7 Å². The van der Waals surface area contributed by atoms with Gasteiger partial charge in [0.1, 0.15) is 30.2 Å². The second kappa shape index (κ2) is 12.7. The van der Waals surface area contributed by atoms with Gasteiger partial charge in [-0.3, -0.25) is 9.47 Å². The summed E-state index contributed by atoms with van der Waals surface area (Å²) in [6, 6.07) is 3.28. The third-order valence-electron chi connectivity index (χ3n) is 6.40. The van der Waals surface area contributed by atoms with E-state index >= 15 is 0 Å². The molecule has 12 nitrogen and oxygen atoms in total. The number of hydrogen-bond donors (Lipinski definition) is 0. The highest BCUT2D eigenvalue weighted by molar-refractivity contribution is 6.30. The van der Waals surface area contributed by atoms with Gasteiger partial charge < -0.3 is 24.0 Å². The predicted molar refractivity (Wildman–Crippen MR) is 157 cm³/mol. The topological polar surface area (TPSA) is 115 Å². The molecule has 0 unspecified atom stereocenters. The number of rotatable bonds is 8. The van der Waals surface area contributed by atoms with Crippen LogP contribution in [0.25, 0.3) is 16.9 Å². The number of methoxy groups -OCH3 is 1. The number of ether oxygens (including phenoxy) is 3. The number of piperazine rings is 1. The molecule has 1 aliphatic rings. The van der Waals surface area contributed by atoms with Crippen molar-refractivity contribution in [1.82, 2.24) is 24.4 Å². The lowest BCUT2D eigenvalue weighted by molar-refractivity contribution is 0.0218. The van der Waals surface area contributed by atoms with Gasteiger partial charge in [0.2, 0.25) is 0 Å². The van der Waals surface area contributed by atoms with Gasteiger partial charge >= 0.3 is 12.2 Å². The minimum atomic E-state index is -0.589. The van der Waals surface area contributed by atoms with E-state index < -0.39 is 11.7 Å². The minimum absolute atomic E-state index is 0.0455. The molecule has 3 aromatic rings. The number of fused-ring (bicyclic) bond motifs is 1. The van der Waals surface area contributed by atoms with Gasteiger partial charge in [-0.25, -0.2) is 24.5 Å². The number of halogens is 1. The number of carbonyl (C=O) groups excluding carboxylic acids is 2. The first-order valence-corrected chi connectivity index (χ1v) is 13.7. The molecule has 0 aliphatic carbocycles. The Kier molecular flexibility index (Phi) is 9.34. The standard InChI is InChI=1S/C28H36ClN7O5/c1-7-13-40-27(38)35(12-14-39-6)21-17-36(22-15-20(29)8-9-30-22)25-23(21)24(31-18-32-25)34-11-10-33(16-19(34)2)26(37)41-28(3,4)5/h7-9,15,17-19H,1,10-14,16H2,2-6H3/t19-/m0/s1. The molecule has 0 aromatic carbocycles. The smallest absolute Gasteiger partial charge is 0.414 e. The summed E-state index contributed by atoms with van der Waals surface area (Å²) in [5.74, 6) is 1.13. The lowest BCUT2D eigenvalue weighted by Crippen LogP contribution is -2.55. The summed E-state index contributed by atoms with van der Waals surface area (Å²) in [6.07, 6.45) is 5.43. The Labute approximate surface area is 244 Å². The SMILES string of the molecule is C=CCOC(=O)N(CCOC)c1cn(-c2cc(Cl)ccn2)c2ncnc(N3CCN(C(=O)OC(C)(C)C)C[C@@H]3C)c12. The van der Waals surface area contributed by atoms with Gasteiger partial charge in [-0.1, -0.05) is 24.3 Å². The first kappa shape index (κ1) is 30.1. The maximum Gasteiger partial charge on any atom is 0.414 e. The molecular weight excluding hydrogens is 550 g/mol. The van der Waals surface area contributed by atoms with E-state index in [-0.39, 0.29) is 31.9 Å². The van der Waals surface area contributed by atoms with Gasteiger partial charge in [-0.05, 0) is 33.8 Å². The molecule has 1 saturated heterocycles. The quantitative estimate of drug-likeness (QED) is 0.347. The summed E-state index contributed by atoms with van der Waals surface area (Å²) >= 11 is 6.30. The number of hydrogen-bond acceptors (Lipinski definition) is 9. The molecule has 0 bridgehead atoms. The minimum Gasteiger partial charge on any atom is -0.445 e. The summed E-state index contributed by atoms with van der Waals surface area (Å²) in [5.41, 5.74) is 0.458. The molecule has 3 aromatic heterocycles. The van der Waals surface area contributed by atoms with Crippen LogP contribution in [0.2, 0.25) is 5.02 Å². The van der Waals surface area contributed by atoms with Crippen LogP contribution in [-0.2, 0) is 14.2 Å². The molecule has 1 atom stereocenters. The van der Waals surface area contributed by atoms with Crippen molar-refractivity contribution in [2.24, 2.45) is 0 Å². The number of amides is 2. The third-order valence-corrected chi connectivity index (χ3v) is 6.64. The van der Waals surface area contributed by atoms with Gasteiger partial charge in [-0.15, -0.1) is 0 Å². The fourth-order valence-corrected chi connectivity index (χ4v) is 4.77. The van der Waals surface area contributed by atoms with E-state index in [0.29, 0.717) is 53.0 Å². The highest BCUT2D eigenvalue weighted by Crippen LogP contribution is 2.37. The lowest BCUT2D eigenvalue weighted by Gasteiger charge is -2.41. The summed E-state index contributed by atoms with van der Waals surface area (Å²) in [7, 11) is 1.56. The van der Waals surface area contributed by atoms with Crippen LogP contribution < -0.4 is 9.80 Å². The average Bonchev–Trinajstić information content (AvgIpc) is 3.31.